The lowest BCUT2D eigenvalue weighted by molar-refractivity contribution is -0.115. The third kappa shape index (κ3) is 6.21. The summed E-state index contributed by atoms with van der Waals surface area (Å²) in [4.78, 5) is 20.7. The summed E-state index contributed by atoms with van der Waals surface area (Å²) in [7, 11) is 0. The van der Waals surface area contributed by atoms with Crippen LogP contribution in [-0.2, 0) is 17.6 Å². The lowest BCUT2D eigenvalue weighted by atomic mass is 10.1. The van der Waals surface area contributed by atoms with Gasteiger partial charge in [0.1, 0.15) is 16.2 Å². The molecule has 0 saturated heterocycles. The normalized spacial score (nSPS) is 18.3. The zero-order valence-electron chi connectivity index (χ0n) is 18.7. The molecule has 1 aliphatic carbocycles. The maximum absolute atomic E-state index is 12.3. The number of aliphatic hydroxyl groups excluding tert-OH is 1. The Bertz CT molecular complexity index is 1250. The molecule has 10 nitrogen and oxygen atoms in total. The number of rotatable bonds is 9. The summed E-state index contributed by atoms with van der Waals surface area (Å²) in [6.07, 6.45) is 6.05. The van der Waals surface area contributed by atoms with Gasteiger partial charge in [-0.1, -0.05) is 34.8 Å². The van der Waals surface area contributed by atoms with Crippen molar-refractivity contribution < 1.29 is 9.90 Å². The van der Waals surface area contributed by atoms with Crippen molar-refractivity contribution in [3.05, 3.63) is 70.2 Å². The Kier molecular flexibility index (Phi) is 7.31. The van der Waals surface area contributed by atoms with Crippen LogP contribution in [0.1, 0.15) is 52.5 Å². The van der Waals surface area contributed by atoms with Crippen LogP contribution in [-0.4, -0.2) is 47.6 Å². The fraction of sp³-hybridized carbons (Fsp3) is 0.348. The number of carbonyl (C=O) groups is 1. The van der Waals surface area contributed by atoms with Gasteiger partial charge in [0.05, 0.1) is 6.42 Å². The summed E-state index contributed by atoms with van der Waals surface area (Å²) in [5.74, 6) is 0.399. The molecule has 35 heavy (non-hydrogen) atoms. The largest absolute Gasteiger partial charge is 0.373 e. The van der Waals surface area contributed by atoms with Crippen LogP contribution in [0.5, 0.6) is 0 Å². The lowest BCUT2D eigenvalue weighted by Gasteiger charge is -2.10. The van der Waals surface area contributed by atoms with Crippen molar-refractivity contribution in [2.24, 2.45) is 0 Å². The molecule has 0 aliphatic heterocycles. The number of carbonyl (C=O) groups excluding carboxylic acids is 1. The molecule has 3 atom stereocenters. The minimum absolute atomic E-state index is 0.158. The van der Waals surface area contributed by atoms with Crippen molar-refractivity contribution in [2.45, 2.75) is 50.2 Å². The maximum atomic E-state index is 12.3. The summed E-state index contributed by atoms with van der Waals surface area (Å²) in [6.45, 7) is 0. The monoisotopic (exact) mass is 508 g/mol. The Hall–Kier alpha value is -3.35. The van der Waals surface area contributed by atoms with Crippen molar-refractivity contribution in [2.75, 3.05) is 10.6 Å². The zero-order valence-corrected chi connectivity index (χ0v) is 20.4. The molecule has 0 radical (unpaired) electrons. The predicted octanol–water partition coefficient (Wildman–Crippen LogP) is 3.39. The zero-order chi connectivity index (χ0) is 24.0. The fourth-order valence-electron chi connectivity index (χ4n) is 4.08. The van der Waals surface area contributed by atoms with E-state index >= 15 is 0 Å². The minimum Gasteiger partial charge on any atom is -0.373 e. The van der Waals surface area contributed by atoms with Crippen molar-refractivity contribution in [3.63, 3.8) is 0 Å². The molecule has 1 aliphatic rings. The van der Waals surface area contributed by atoms with E-state index in [1.54, 1.807) is 12.4 Å². The van der Waals surface area contributed by atoms with E-state index in [-0.39, 0.29) is 24.2 Å². The first-order chi connectivity index (χ1) is 17.1. The highest BCUT2D eigenvalue weighted by molar-refractivity contribution is 7.15. The van der Waals surface area contributed by atoms with E-state index in [4.69, 9.17) is 0 Å². The Labute approximate surface area is 209 Å². The molecule has 12 heteroatoms. The molecule has 0 aromatic carbocycles. The molecule has 0 spiro atoms. The van der Waals surface area contributed by atoms with Crippen molar-refractivity contribution in [3.8, 4) is 0 Å². The Morgan fingerprint density at radius 3 is 2.20 bits per heavy atom. The van der Waals surface area contributed by atoms with Crippen LogP contribution in [0.2, 0.25) is 0 Å². The van der Waals surface area contributed by atoms with E-state index in [1.165, 1.54) is 22.7 Å². The molecular formula is C23H24N8O2S2. The summed E-state index contributed by atoms with van der Waals surface area (Å²) < 4.78 is 0. The first-order valence-corrected chi connectivity index (χ1v) is 13.0. The van der Waals surface area contributed by atoms with E-state index in [0.717, 1.165) is 35.0 Å². The number of pyridine rings is 2. The molecule has 4 aromatic rings. The molecule has 1 fully saturated rings. The van der Waals surface area contributed by atoms with E-state index < -0.39 is 6.23 Å². The second-order valence-corrected chi connectivity index (χ2v) is 10.3. The van der Waals surface area contributed by atoms with Crippen LogP contribution in [0, 0.1) is 0 Å². The van der Waals surface area contributed by atoms with Crippen LogP contribution in [0.4, 0.5) is 10.3 Å². The number of hydrogen-bond donors (Lipinski definition) is 3. The van der Waals surface area contributed by atoms with Crippen LogP contribution in [0.15, 0.2) is 48.8 Å². The van der Waals surface area contributed by atoms with Gasteiger partial charge in [0.25, 0.3) is 0 Å². The molecule has 3 N–H and O–H groups in total. The second-order valence-electron chi connectivity index (χ2n) is 8.33. The van der Waals surface area contributed by atoms with Gasteiger partial charge in [-0.05, 0) is 43.5 Å². The summed E-state index contributed by atoms with van der Waals surface area (Å²) in [5, 5.41) is 36.2. The minimum atomic E-state index is -0.783. The average molecular weight is 509 g/mol. The van der Waals surface area contributed by atoms with Gasteiger partial charge in [0.15, 0.2) is 0 Å². The van der Waals surface area contributed by atoms with E-state index in [1.807, 2.05) is 36.4 Å². The highest BCUT2D eigenvalue weighted by Crippen LogP contribution is 2.45. The number of anilines is 2. The standard InChI is InChI=1S/C23H24N8O2S2/c32-18(12-16-5-1-3-9-24-16)26-22-30-28-20(34-22)14-7-8-15(11-14)21-29-31-23(35-21)27-19(33)13-17-6-2-4-10-25-17/h1-6,9-10,14-15,18,32H,7-8,11-13H2,(H,26,30)(H,27,31,33)/t14-,15+,18?/m0/s1. The first kappa shape index (κ1) is 23.4. The second kappa shape index (κ2) is 10.9. The van der Waals surface area contributed by atoms with Gasteiger partial charge in [-0.2, -0.15) is 0 Å². The van der Waals surface area contributed by atoms with Crippen LogP contribution >= 0.6 is 22.7 Å². The van der Waals surface area contributed by atoms with Gasteiger partial charge in [-0.25, -0.2) is 0 Å². The summed E-state index contributed by atoms with van der Waals surface area (Å²) >= 11 is 2.89. The van der Waals surface area contributed by atoms with Crippen molar-refractivity contribution in [1.29, 1.82) is 0 Å². The Balaban J connectivity index is 1.13. The molecule has 0 bridgehead atoms. The molecule has 180 valence electrons. The molecule has 1 amide bonds. The van der Waals surface area contributed by atoms with Gasteiger partial charge < -0.3 is 15.7 Å². The molecule has 1 saturated carbocycles. The SMILES string of the molecule is O=C(Cc1ccccn1)Nc1nnc([C@@H]2CC[C@H](c3nnc(NC(O)Cc4ccccn4)s3)C2)s1. The third-order valence-electron chi connectivity index (χ3n) is 5.75. The Morgan fingerprint density at radius 1 is 0.914 bits per heavy atom. The quantitative estimate of drug-likeness (QED) is 0.290. The van der Waals surface area contributed by atoms with Gasteiger partial charge >= 0.3 is 0 Å². The van der Waals surface area contributed by atoms with Gasteiger partial charge in [-0.3, -0.25) is 14.8 Å². The highest BCUT2D eigenvalue weighted by atomic mass is 32.1. The molecule has 4 aromatic heterocycles. The topological polar surface area (TPSA) is 139 Å². The van der Waals surface area contributed by atoms with Gasteiger partial charge in [0, 0.05) is 42.0 Å². The molecular weight excluding hydrogens is 484 g/mol. The number of nitrogens with zero attached hydrogens (tertiary/aromatic N) is 6. The lowest BCUT2D eigenvalue weighted by Crippen LogP contribution is -2.21. The van der Waals surface area contributed by atoms with Crippen molar-refractivity contribution >= 4 is 38.8 Å². The van der Waals surface area contributed by atoms with E-state index in [9.17, 15) is 9.90 Å². The number of aromatic nitrogens is 6. The summed E-state index contributed by atoms with van der Waals surface area (Å²) in [6, 6.07) is 11.1. The summed E-state index contributed by atoms with van der Waals surface area (Å²) in [5.41, 5.74) is 1.52. The third-order valence-corrected chi connectivity index (χ3v) is 7.76. The Morgan fingerprint density at radius 2 is 1.54 bits per heavy atom. The van der Waals surface area contributed by atoms with Crippen LogP contribution in [0.25, 0.3) is 0 Å². The van der Waals surface area contributed by atoms with Crippen molar-refractivity contribution in [1.82, 2.24) is 30.4 Å². The average Bonchev–Trinajstić information content (AvgIpc) is 3.61. The predicted molar refractivity (Wildman–Crippen MR) is 133 cm³/mol. The number of aliphatic hydroxyl groups is 1. The van der Waals surface area contributed by atoms with E-state index in [2.05, 4.69) is 41.0 Å². The number of hydrogen-bond acceptors (Lipinski definition) is 11. The van der Waals surface area contributed by atoms with E-state index in [0.29, 0.717) is 22.4 Å². The van der Waals surface area contributed by atoms with Crippen LogP contribution in [0.3, 0.4) is 0 Å². The number of nitrogens with one attached hydrogen (secondary N) is 2. The first-order valence-electron chi connectivity index (χ1n) is 11.3. The molecule has 1 unspecified atom stereocenters. The molecule has 4 heterocycles. The number of amides is 1. The van der Waals surface area contributed by atoms with Crippen LogP contribution < -0.4 is 10.6 Å². The van der Waals surface area contributed by atoms with Gasteiger partial charge in [0.2, 0.25) is 16.2 Å². The fourth-order valence-corrected chi connectivity index (χ4v) is 5.92. The maximum Gasteiger partial charge on any atom is 0.232 e. The smallest absolute Gasteiger partial charge is 0.232 e. The van der Waals surface area contributed by atoms with Gasteiger partial charge in [-0.15, -0.1) is 20.4 Å². The highest BCUT2D eigenvalue weighted by Gasteiger charge is 2.32. The molecule has 5 rings (SSSR count).